The highest BCUT2D eigenvalue weighted by Gasteiger charge is 2.10. The van der Waals surface area contributed by atoms with E-state index in [9.17, 15) is 4.79 Å². The zero-order valence-corrected chi connectivity index (χ0v) is 16.3. The third-order valence-electron chi connectivity index (χ3n) is 4.31. The molecule has 1 heterocycles. The normalized spacial score (nSPS) is 11.3. The summed E-state index contributed by atoms with van der Waals surface area (Å²) in [7, 11) is 0. The van der Waals surface area contributed by atoms with Crippen LogP contribution in [0.5, 0.6) is 0 Å². The smallest absolute Gasteiger partial charge is 0.226 e. The van der Waals surface area contributed by atoms with E-state index in [0.717, 1.165) is 31.1 Å². The zero-order chi connectivity index (χ0) is 18.9. The molecular weight excluding hydrogens is 328 g/mol. The number of aromatic nitrogens is 2. The van der Waals surface area contributed by atoms with Gasteiger partial charge < -0.3 is 9.84 Å². The van der Waals surface area contributed by atoms with Gasteiger partial charge >= 0.3 is 0 Å². The van der Waals surface area contributed by atoms with Gasteiger partial charge in [-0.15, -0.1) is 0 Å². The summed E-state index contributed by atoms with van der Waals surface area (Å²) >= 11 is 0. The average Bonchev–Trinajstić information content (AvgIpc) is 3.09. The maximum absolute atomic E-state index is 12.2. The number of hydrogen-bond donors (Lipinski definition) is 1. The van der Waals surface area contributed by atoms with E-state index in [1.54, 1.807) is 0 Å². The summed E-state index contributed by atoms with van der Waals surface area (Å²) in [4.78, 5) is 18.8. The average molecular weight is 358 g/mol. The van der Waals surface area contributed by atoms with Gasteiger partial charge in [0.05, 0.1) is 0 Å². The highest BCUT2D eigenvalue weighted by atomic mass is 16.5. The molecule has 26 heavy (non-hydrogen) atoms. The maximum Gasteiger partial charge on any atom is 0.226 e. The maximum atomic E-state index is 12.2. The Hall–Kier alpha value is -2.21. The lowest BCUT2D eigenvalue weighted by atomic mass is 10.1. The summed E-state index contributed by atoms with van der Waals surface area (Å²) < 4.78 is 5.20. The molecule has 1 aromatic heterocycles. The van der Waals surface area contributed by atoms with Crippen LogP contribution in [0.25, 0.3) is 0 Å². The molecule has 2 rings (SSSR count). The van der Waals surface area contributed by atoms with Gasteiger partial charge in [0, 0.05) is 31.0 Å². The Kier molecular flexibility index (Phi) is 7.78. The first-order valence-electron chi connectivity index (χ1n) is 9.45. The minimum absolute atomic E-state index is 0.00795. The van der Waals surface area contributed by atoms with Gasteiger partial charge in [-0.05, 0) is 37.2 Å². The van der Waals surface area contributed by atoms with E-state index in [2.05, 4.69) is 40.3 Å². The Bertz CT molecular complexity index is 693. The first kappa shape index (κ1) is 20.1. The quantitative estimate of drug-likeness (QED) is 0.695. The lowest BCUT2D eigenvalue weighted by Crippen LogP contribution is -2.22. The third-order valence-corrected chi connectivity index (χ3v) is 4.31. The number of nitrogens with zero attached hydrogens (tertiary/aromatic N) is 3. The molecule has 1 N–H and O–H groups in total. The summed E-state index contributed by atoms with van der Waals surface area (Å²) in [6, 6.07) is 8.05. The van der Waals surface area contributed by atoms with Crippen LogP contribution in [-0.2, 0) is 17.8 Å². The number of nitrogens with one attached hydrogen (secondary N) is 1. The fourth-order valence-corrected chi connectivity index (χ4v) is 2.68. The Balaban J connectivity index is 1.80. The van der Waals surface area contributed by atoms with Crippen LogP contribution in [0.2, 0.25) is 0 Å². The van der Waals surface area contributed by atoms with Crippen molar-refractivity contribution >= 4 is 11.6 Å². The van der Waals surface area contributed by atoms with E-state index in [4.69, 9.17) is 4.52 Å². The second kappa shape index (κ2) is 10.1. The Morgan fingerprint density at radius 2 is 2.04 bits per heavy atom. The van der Waals surface area contributed by atoms with Crippen LogP contribution in [0.4, 0.5) is 5.69 Å². The van der Waals surface area contributed by atoms with E-state index in [1.165, 1.54) is 5.56 Å². The first-order chi connectivity index (χ1) is 12.5. The lowest BCUT2D eigenvalue weighted by Gasteiger charge is -2.18. The Morgan fingerprint density at radius 3 is 2.69 bits per heavy atom. The van der Waals surface area contributed by atoms with Crippen molar-refractivity contribution in [3.8, 4) is 0 Å². The van der Waals surface area contributed by atoms with Gasteiger partial charge in [0.2, 0.25) is 11.8 Å². The molecule has 0 atom stereocenters. The summed E-state index contributed by atoms with van der Waals surface area (Å²) in [5, 5.41) is 6.92. The fourth-order valence-electron chi connectivity index (χ4n) is 2.68. The van der Waals surface area contributed by atoms with Crippen LogP contribution < -0.4 is 5.32 Å². The van der Waals surface area contributed by atoms with Gasteiger partial charge in [-0.1, -0.05) is 45.0 Å². The van der Waals surface area contributed by atoms with Crippen molar-refractivity contribution in [2.75, 3.05) is 18.4 Å². The van der Waals surface area contributed by atoms with E-state index in [-0.39, 0.29) is 11.8 Å². The zero-order valence-electron chi connectivity index (χ0n) is 16.3. The van der Waals surface area contributed by atoms with E-state index in [1.807, 2.05) is 32.0 Å². The minimum atomic E-state index is 0.00795. The van der Waals surface area contributed by atoms with Crippen molar-refractivity contribution < 1.29 is 9.32 Å². The molecule has 0 fully saturated rings. The summed E-state index contributed by atoms with van der Waals surface area (Å²) in [6.07, 6.45) is 1.74. The number of rotatable bonds is 10. The molecule has 0 aliphatic rings. The molecule has 1 amide bonds. The monoisotopic (exact) mass is 358 g/mol. The molecule has 0 unspecified atom stereocenters. The van der Waals surface area contributed by atoms with Gasteiger partial charge in [-0.25, -0.2) is 0 Å². The molecule has 0 aliphatic carbocycles. The summed E-state index contributed by atoms with van der Waals surface area (Å²) in [5.41, 5.74) is 2.05. The SMILES string of the molecule is CCN(CC)Cc1cccc(NC(=O)CCCc2nc(C(C)C)no2)c1. The van der Waals surface area contributed by atoms with Gasteiger partial charge in [0.1, 0.15) is 0 Å². The molecular formula is C20H30N4O2. The van der Waals surface area contributed by atoms with Crippen molar-refractivity contribution in [1.29, 1.82) is 0 Å². The molecule has 0 aliphatic heterocycles. The van der Waals surface area contributed by atoms with Crippen molar-refractivity contribution in [2.24, 2.45) is 0 Å². The van der Waals surface area contributed by atoms with Crippen molar-refractivity contribution in [2.45, 2.75) is 59.4 Å². The molecule has 0 spiro atoms. The molecule has 0 bridgehead atoms. The number of carbonyl (C=O) groups is 1. The van der Waals surface area contributed by atoms with Crippen molar-refractivity contribution in [3.05, 3.63) is 41.5 Å². The fraction of sp³-hybridized carbons (Fsp3) is 0.550. The van der Waals surface area contributed by atoms with Crippen LogP contribution >= 0.6 is 0 Å². The van der Waals surface area contributed by atoms with E-state index in [0.29, 0.717) is 25.2 Å². The predicted octanol–water partition coefficient (Wildman–Crippen LogP) is 4.00. The third kappa shape index (κ3) is 6.26. The van der Waals surface area contributed by atoms with Gasteiger partial charge in [-0.3, -0.25) is 9.69 Å². The summed E-state index contributed by atoms with van der Waals surface area (Å²) in [5.74, 6) is 1.57. The Labute approximate surface area is 156 Å². The van der Waals surface area contributed by atoms with Gasteiger partial charge in [0.15, 0.2) is 5.82 Å². The van der Waals surface area contributed by atoms with Gasteiger partial charge in [0.25, 0.3) is 0 Å². The standard InChI is InChI=1S/C20H30N4O2/c1-5-24(6-2)14-16-9-7-10-17(13-16)21-18(25)11-8-12-19-22-20(15(3)4)23-26-19/h7,9-10,13,15H,5-6,8,11-12,14H2,1-4H3,(H,21,25). The van der Waals surface area contributed by atoms with E-state index >= 15 is 0 Å². The van der Waals surface area contributed by atoms with Crippen LogP contribution in [-0.4, -0.2) is 34.0 Å². The topological polar surface area (TPSA) is 71.3 Å². The number of amides is 1. The number of carbonyl (C=O) groups excluding carboxylic acids is 1. The molecule has 0 saturated carbocycles. The molecule has 1 aromatic carbocycles. The number of hydrogen-bond acceptors (Lipinski definition) is 5. The molecule has 6 heteroatoms. The van der Waals surface area contributed by atoms with E-state index < -0.39 is 0 Å². The molecule has 142 valence electrons. The highest BCUT2D eigenvalue weighted by Crippen LogP contribution is 2.14. The second-order valence-corrected chi connectivity index (χ2v) is 6.76. The Morgan fingerprint density at radius 1 is 1.27 bits per heavy atom. The number of anilines is 1. The van der Waals surface area contributed by atoms with Crippen LogP contribution in [0.3, 0.4) is 0 Å². The van der Waals surface area contributed by atoms with Crippen LogP contribution in [0, 0.1) is 0 Å². The molecule has 2 aromatic rings. The molecule has 0 saturated heterocycles. The predicted molar refractivity (Wildman–Crippen MR) is 103 cm³/mol. The minimum Gasteiger partial charge on any atom is -0.339 e. The van der Waals surface area contributed by atoms with Crippen molar-refractivity contribution in [3.63, 3.8) is 0 Å². The summed E-state index contributed by atoms with van der Waals surface area (Å²) in [6.45, 7) is 11.3. The highest BCUT2D eigenvalue weighted by molar-refractivity contribution is 5.90. The second-order valence-electron chi connectivity index (χ2n) is 6.76. The first-order valence-corrected chi connectivity index (χ1v) is 9.45. The largest absolute Gasteiger partial charge is 0.339 e. The van der Waals surface area contributed by atoms with Crippen LogP contribution in [0.1, 0.15) is 63.7 Å². The van der Waals surface area contributed by atoms with Crippen LogP contribution in [0.15, 0.2) is 28.8 Å². The molecule has 0 radical (unpaired) electrons. The lowest BCUT2D eigenvalue weighted by molar-refractivity contribution is -0.116. The number of benzene rings is 1. The number of aryl methyl sites for hydroxylation is 1. The van der Waals surface area contributed by atoms with Gasteiger partial charge in [-0.2, -0.15) is 4.98 Å². The van der Waals surface area contributed by atoms with Crippen molar-refractivity contribution in [1.82, 2.24) is 15.0 Å². The molecule has 6 nitrogen and oxygen atoms in total.